The van der Waals surface area contributed by atoms with Crippen molar-refractivity contribution in [2.45, 2.75) is 13.3 Å². The fourth-order valence-corrected chi connectivity index (χ4v) is 1.99. The first-order chi connectivity index (χ1) is 7.72. The zero-order valence-corrected chi connectivity index (χ0v) is 9.62. The number of nitrogens with one attached hydrogen (secondary N) is 1. The molecule has 0 atom stereocenters. The van der Waals surface area contributed by atoms with E-state index < -0.39 is 0 Å². The van der Waals surface area contributed by atoms with Crippen LogP contribution in [-0.4, -0.2) is 23.5 Å². The van der Waals surface area contributed by atoms with Gasteiger partial charge in [0, 0.05) is 30.2 Å². The Morgan fingerprint density at radius 2 is 2.12 bits per heavy atom. The Morgan fingerprint density at radius 1 is 1.38 bits per heavy atom. The van der Waals surface area contributed by atoms with Crippen LogP contribution in [-0.2, 0) is 6.42 Å². The zero-order chi connectivity index (χ0) is 11.5. The Morgan fingerprint density at radius 3 is 2.88 bits per heavy atom. The van der Waals surface area contributed by atoms with Gasteiger partial charge in [-0.15, -0.1) is 0 Å². The molecular formula is C13H15N3. The van der Waals surface area contributed by atoms with E-state index in [2.05, 4.69) is 30.2 Å². The summed E-state index contributed by atoms with van der Waals surface area (Å²) in [6, 6.07) is 8.29. The summed E-state index contributed by atoms with van der Waals surface area (Å²) in [4.78, 5) is 5.02. The molecule has 0 saturated carbocycles. The Labute approximate surface area is 95.3 Å². The molecule has 0 spiro atoms. The van der Waals surface area contributed by atoms with Gasteiger partial charge in [0.1, 0.15) is 0 Å². The predicted molar refractivity (Wildman–Crippen MR) is 65.0 cm³/mol. The third-order valence-corrected chi connectivity index (χ3v) is 2.89. The van der Waals surface area contributed by atoms with E-state index in [0.29, 0.717) is 0 Å². The Kier molecular flexibility index (Phi) is 2.82. The number of nitrogens with zero attached hydrogens (tertiary/aromatic N) is 2. The Bertz CT molecular complexity index is 534. The lowest BCUT2D eigenvalue weighted by atomic mass is 10.1. The largest absolute Gasteiger partial charge is 0.358 e. The molecule has 3 heteroatoms. The number of H-pyrrole nitrogens is 1. The summed E-state index contributed by atoms with van der Waals surface area (Å²) < 4.78 is 0. The SMILES string of the molecule is Cc1[nH]c2ccccc2c1CCN(C)C#N. The highest BCUT2D eigenvalue weighted by Gasteiger charge is 2.07. The zero-order valence-electron chi connectivity index (χ0n) is 9.62. The second-order valence-electron chi connectivity index (χ2n) is 4.05. The third kappa shape index (κ3) is 1.87. The van der Waals surface area contributed by atoms with Crippen LogP contribution in [0.2, 0.25) is 0 Å². The molecule has 0 aliphatic carbocycles. The molecule has 1 heterocycles. The molecule has 3 nitrogen and oxygen atoms in total. The van der Waals surface area contributed by atoms with Crippen LogP contribution in [0.3, 0.4) is 0 Å². The number of hydrogen-bond donors (Lipinski definition) is 1. The normalized spacial score (nSPS) is 10.3. The average molecular weight is 213 g/mol. The molecule has 1 aromatic heterocycles. The summed E-state index contributed by atoms with van der Waals surface area (Å²) in [5.74, 6) is 0. The van der Waals surface area contributed by atoms with Crippen LogP contribution in [0.1, 0.15) is 11.3 Å². The quantitative estimate of drug-likeness (QED) is 0.628. The average Bonchev–Trinajstić information content (AvgIpc) is 2.62. The monoisotopic (exact) mass is 213 g/mol. The third-order valence-electron chi connectivity index (χ3n) is 2.89. The van der Waals surface area contributed by atoms with E-state index >= 15 is 0 Å². The van der Waals surface area contributed by atoms with Crippen LogP contribution >= 0.6 is 0 Å². The van der Waals surface area contributed by atoms with E-state index in [1.807, 2.05) is 19.2 Å². The predicted octanol–water partition coefficient (Wildman–Crippen LogP) is 2.43. The molecule has 0 aliphatic rings. The van der Waals surface area contributed by atoms with E-state index in [1.54, 1.807) is 4.90 Å². The number of aromatic nitrogens is 1. The highest BCUT2D eigenvalue weighted by molar-refractivity contribution is 5.84. The van der Waals surface area contributed by atoms with Gasteiger partial charge in [-0.1, -0.05) is 18.2 Å². The van der Waals surface area contributed by atoms with Crippen LogP contribution in [0.5, 0.6) is 0 Å². The van der Waals surface area contributed by atoms with Crippen LogP contribution in [0, 0.1) is 18.4 Å². The van der Waals surface area contributed by atoms with Crippen molar-refractivity contribution in [2.24, 2.45) is 0 Å². The number of rotatable bonds is 3. The number of aryl methyl sites for hydroxylation is 1. The minimum Gasteiger partial charge on any atom is -0.358 e. The molecule has 82 valence electrons. The van der Waals surface area contributed by atoms with Gasteiger partial charge in [0.05, 0.1) is 0 Å². The number of aromatic amines is 1. The molecule has 0 unspecified atom stereocenters. The van der Waals surface area contributed by atoms with Crippen LogP contribution in [0.15, 0.2) is 24.3 Å². The van der Waals surface area contributed by atoms with E-state index in [1.165, 1.54) is 22.2 Å². The Balaban J connectivity index is 2.30. The van der Waals surface area contributed by atoms with E-state index in [4.69, 9.17) is 5.26 Å². The van der Waals surface area contributed by atoms with Gasteiger partial charge in [-0.3, -0.25) is 0 Å². The lowest BCUT2D eigenvalue weighted by Crippen LogP contribution is -2.14. The number of hydrogen-bond acceptors (Lipinski definition) is 2. The van der Waals surface area contributed by atoms with E-state index in [-0.39, 0.29) is 0 Å². The first-order valence-corrected chi connectivity index (χ1v) is 5.39. The van der Waals surface area contributed by atoms with Crippen molar-refractivity contribution in [3.63, 3.8) is 0 Å². The smallest absolute Gasteiger partial charge is 0.179 e. The summed E-state index contributed by atoms with van der Waals surface area (Å²) in [6.07, 6.45) is 3.02. The molecule has 0 bridgehead atoms. The first-order valence-electron chi connectivity index (χ1n) is 5.39. The minimum absolute atomic E-state index is 0.763. The topological polar surface area (TPSA) is 42.8 Å². The molecule has 0 radical (unpaired) electrons. The molecule has 0 fully saturated rings. The highest BCUT2D eigenvalue weighted by Crippen LogP contribution is 2.22. The first kappa shape index (κ1) is 10.6. The van der Waals surface area contributed by atoms with E-state index in [0.717, 1.165) is 13.0 Å². The second-order valence-corrected chi connectivity index (χ2v) is 4.05. The van der Waals surface area contributed by atoms with Crippen molar-refractivity contribution in [1.82, 2.24) is 9.88 Å². The maximum absolute atomic E-state index is 8.71. The molecule has 0 amide bonds. The number of benzene rings is 1. The molecule has 0 saturated heterocycles. The fraction of sp³-hybridized carbons (Fsp3) is 0.308. The van der Waals surface area contributed by atoms with Gasteiger partial charge in [0.25, 0.3) is 0 Å². The molecular weight excluding hydrogens is 198 g/mol. The van der Waals surface area contributed by atoms with Crippen LogP contribution in [0.25, 0.3) is 10.9 Å². The molecule has 0 aliphatic heterocycles. The molecule has 2 aromatic rings. The minimum atomic E-state index is 0.763. The van der Waals surface area contributed by atoms with Gasteiger partial charge in [0.15, 0.2) is 6.19 Å². The standard InChI is InChI=1S/C13H15N3/c1-10-11(7-8-16(2)9-14)12-5-3-4-6-13(12)15-10/h3-6,15H,7-8H2,1-2H3. The lowest BCUT2D eigenvalue weighted by molar-refractivity contribution is 0.479. The van der Waals surface area contributed by atoms with Gasteiger partial charge >= 0.3 is 0 Å². The number of nitriles is 1. The summed E-state index contributed by atoms with van der Waals surface area (Å²) >= 11 is 0. The van der Waals surface area contributed by atoms with Gasteiger partial charge in [-0.05, 0) is 25.0 Å². The van der Waals surface area contributed by atoms with Crippen molar-refractivity contribution < 1.29 is 0 Å². The second kappa shape index (κ2) is 4.28. The molecule has 1 N–H and O–H groups in total. The van der Waals surface area contributed by atoms with Crippen molar-refractivity contribution in [3.8, 4) is 6.19 Å². The van der Waals surface area contributed by atoms with Gasteiger partial charge in [0.2, 0.25) is 0 Å². The maximum Gasteiger partial charge on any atom is 0.179 e. The summed E-state index contributed by atoms with van der Waals surface area (Å²) in [5, 5.41) is 9.98. The van der Waals surface area contributed by atoms with Gasteiger partial charge < -0.3 is 9.88 Å². The van der Waals surface area contributed by atoms with Gasteiger partial charge in [-0.25, -0.2) is 0 Å². The lowest BCUT2D eigenvalue weighted by Gasteiger charge is -2.08. The number of fused-ring (bicyclic) bond motifs is 1. The van der Waals surface area contributed by atoms with E-state index in [9.17, 15) is 0 Å². The van der Waals surface area contributed by atoms with Crippen LogP contribution < -0.4 is 0 Å². The maximum atomic E-state index is 8.71. The summed E-state index contributed by atoms with van der Waals surface area (Å²) in [6.45, 7) is 2.85. The summed E-state index contributed by atoms with van der Waals surface area (Å²) in [7, 11) is 1.81. The van der Waals surface area contributed by atoms with Crippen molar-refractivity contribution >= 4 is 10.9 Å². The van der Waals surface area contributed by atoms with Crippen LogP contribution in [0.4, 0.5) is 0 Å². The molecule has 2 rings (SSSR count). The van der Waals surface area contributed by atoms with Crippen molar-refractivity contribution in [3.05, 3.63) is 35.5 Å². The molecule has 1 aromatic carbocycles. The number of para-hydroxylation sites is 1. The highest BCUT2D eigenvalue weighted by atomic mass is 15.1. The van der Waals surface area contributed by atoms with Gasteiger partial charge in [-0.2, -0.15) is 5.26 Å². The Hall–Kier alpha value is -1.95. The van der Waals surface area contributed by atoms with Crippen molar-refractivity contribution in [1.29, 1.82) is 5.26 Å². The van der Waals surface area contributed by atoms with Crippen molar-refractivity contribution in [2.75, 3.05) is 13.6 Å². The summed E-state index contributed by atoms with van der Waals surface area (Å²) in [5.41, 5.74) is 3.69. The number of likely N-dealkylation sites (N-methyl/N-ethyl adjacent to an activating group) is 1. The molecule has 16 heavy (non-hydrogen) atoms. The fourth-order valence-electron chi connectivity index (χ4n) is 1.99.